The molecule has 0 N–H and O–H groups in total. The predicted molar refractivity (Wildman–Crippen MR) is 34.6 cm³/mol. The minimum atomic E-state index is 0.510. The second kappa shape index (κ2) is 2.69. The maximum Gasteiger partial charge on any atom is 0.141 e. The van der Waals surface area contributed by atoms with Gasteiger partial charge in [-0.2, -0.15) is 0 Å². The maximum absolute atomic E-state index is 5.62. The summed E-state index contributed by atoms with van der Waals surface area (Å²) in [6.45, 7) is 0. The topological polar surface area (TPSA) is 22.1 Å². The van der Waals surface area contributed by atoms with Crippen molar-refractivity contribution in [3.63, 3.8) is 0 Å². The Balaban J connectivity index is 3.01. The third-order valence-corrected chi connectivity index (χ3v) is 1.19. The first kappa shape index (κ1) is 6.36. The highest BCUT2D eigenvalue weighted by molar-refractivity contribution is 6.31. The highest BCUT2D eigenvalue weighted by Gasteiger charge is 1.95. The fourth-order valence-corrected chi connectivity index (χ4v) is 0.659. The molecule has 0 aliphatic carbocycles. The van der Waals surface area contributed by atoms with E-state index in [9.17, 15) is 0 Å². The van der Waals surface area contributed by atoms with Gasteiger partial charge in [0.15, 0.2) is 0 Å². The van der Waals surface area contributed by atoms with Crippen LogP contribution in [0.1, 0.15) is 0 Å². The third-order valence-electron chi connectivity index (χ3n) is 0.903. The molecule has 0 fully saturated rings. The molecular formula is C6H5ClNO. The quantitative estimate of drug-likeness (QED) is 0.594. The molecule has 47 valence electrons. The second-order valence-electron chi connectivity index (χ2n) is 1.45. The van der Waals surface area contributed by atoms with Crippen LogP contribution in [0.25, 0.3) is 0 Å². The van der Waals surface area contributed by atoms with E-state index in [-0.39, 0.29) is 0 Å². The summed E-state index contributed by atoms with van der Waals surface area (Å²) in [5.41, 5.74) is 0. The van der Waals surface area contributed by atoms with Crippen molar-refractivity contribution < 1.29 is 4.74 Å². The van der Waals surface area contributed by atoms with Crippen LogP contribution in [-0.4, -0.2) is 12.1 Å². The largest absolute Gasteiger partial charge is 0.495 e. The van der Waals surface area contributed by atoms with E-state index in [1.807, 2.05) is 0 Å². The molecule has 3 heteroatoms. The first-order valence-electron chi connectivity index (χ1n) is 2.40. The molecular weight excluding hydrogens is 138 g/mol. The first-order valence-corrected chi connectivity index (χ1v) is 2.78. The van der Waals surface area contributed by atoms with Gasteiger partial charge in [-0.05, 0) is 0 Å². The average Bonchev–Trinajstić information content (AvgIpc) is 1.89. The molecule has 0 aromatic carbocycles. The van der Waals surface area contributed by atoms with Crippen LogP contribution < -0.4 is 4.74 Å². The minimum absolute atomic E-state index is 0.510. The lowest BCUT2D eigenvalue weighted by Gasteiger charge is -1.97. The summed E-state index contributed by atoms with van der Waals surface area (Å²) in [5, 5.41) is 0.510. The van der Waals surface area contributed by atoms with Crippen molar-refractivity contribution in [3.8, 4) is 5.75 Å². The van der Waals surface area contributed by atoms with Crippen LogP contribution >= 0.6 is 11.6 Å². The van der Waals surface area contributed by atoms with Crippen LogP contribution in [0.15, 0.2) is 12.3 Å². The van der Waals surface area contributed by atoms with E-state index in [0.717, 1.165) is 0 Å². The molecule has 9 heavy (non-hydrogen) atoms. The number of ether oxygens (including phenoxy) is 1. The summed E-state index contributed by atoms with van der Waals surface area (Å²) in [4.78, 5) is 3.66. The molecule has 1 aromatic heterocycles. The second-order valence-corrected chi connectivity index (χ2v) is 1.86. The number of aromatic nitrogens is 1. The summed E-state index contributed by atoms with van der Waals surface area (Å²) < 4.78 is 4.84. The molecule has 0 saturated carbocycles. The van der Waals surface area contributed by atoms with Crippen LogP contribution in [0, 0.1) is 6.20 Å². The Hall–Kier alpha value is -0.760. The highest BCUT2D eigenvalue weighted by Crippen LogP contribution is 2.20. The van der Waals surface area contributed by atoms with E-state index in [1.165, 1.54) is 6.20 Å². The first-order chi connectivity index (χ1) is 4.34. The van der Waals surface area contributed by atoms with Gasteiger partial charge in [-0.15, -0.1) is 0 Å². The van der Waals surface area contributed by atoms with Crippen molar-refractivity contribution >= 4 is 11.6 Å². The molecule has 2 nitrogen and oxygen atoms in total. The molecule has 1 aromatic rings. The third kappa shape index (κ3) is 1.33. The lowest BCUT2D eigenvalue weighted by molar-refractivity contribution is 0.414. The Morgan fingerprint density at radius 3 is 3.00 bits per heavy atom. The van der Waals surface area contributed by atoms with Gasteiger partial charge in [-0.1, -0.05) is 11.6 Å². The summed E-state index contributed by atoms with van der Waals surface area (Å²) >= 11 is 5.62. The molecule has 0 spiro atoms. The average molecular weight is 143 g/mol. The Bertz CT molecular complexity index is 202. The van der Waals surface area contributed by atoms with Gasteiger partial charge >= 0.3 is 0 Å². The molecule has 1 heterocycles. The van der Waals surface area contributed by atoms with Crippen molar-refractivity contribution in [2.75, 3.05) is 7.11 Å². The monoisotopic (exact) mass is 142 g/mol. The molecule has 0 aliphatic heterocycles. The highest BCUT2D eigenvalue weighted by atomic mass is 35.5. The molecule has 0 unspecified atom stereocenters. The van der Waals surface area contributed by atoms with Crippen LogP contribution in [0.2, 0.25) is 5.02 Å². The van der Waals surface area contributed by atoms with E-state index in [2.05, 4.69) is 11.2 Å². The fourth-order valence-electron chi connectivity index (χ4n) is 0.479. The van der Waals surface area contributed by atoms with E-state index in [4.69, 9.17) is 16.3 Å². The van der Waals surface area contributed by atoms with Crippen LogP contribution in [0.5, 0.6) is 5.75 Å². The molecule has 1 rings (SSSR count). The Morgan fingerprint density at radius 1 is 1.78 bits per heavy atom. The van der Waals surface area contributed by atoms with E-state index >= 15 is 0 Å². The van der Waals surface area contributed by atoms with E-state index in [0.29, 0.717) is 10.8 Å². The molecule has 0 saturated heterocycles. The normalized spacial score (nSPS) is 9.11. The summed E-state index contributed by atoms with van der Waals surface area (Å²) in [6.07, 6.45) is 4.08. The van der Waals surface area contributed by atoms with Gasteiger partial charge in [-0.25, -0.2) is 0 Å². The molecule has 0 bridgehead atoms. The van der Waals surface area contributed by atoms with Gasteiger partial charge in [0.1, 0.15) is 10.8 Å². The number of hydrogen-bond donors (Lipinski definition) is 0. The maximum atomic E-state index is 5.62. The number of hydrogen-bond acceptors (Lipinski definition) is 2. The summed E-state index contributed by atoms with van der Waals surface area (Å²) in [7, 11) is 1.55. The zero-order valence-corrected chi connectivity index (χ0v) is 5.64. The molecule has 0 atom stereocenters. The number of methoxy groups -OCH3 is 1. The van der Waals surface area contributed by atoms with Crippen molar-refractivity contribution in [2.24, 2.45) is 0 Å². The SMILES string of the molecule is COc1c[c]ncc1Cl. The standard InChI is InChI=1S/C6H5ClNO/c1-9-6-2-3-8-4-5(6)7/h2,4H,1H3. The van der Waals surface area contributed by atoms with Gasteiger partial charge in [0.25, 0.3) is 0 Å². The minimum Gasteiger partial charge on any atom is -0.495 e. The van der Waals surface area contributed by atoms with Gasteiger partial charge in [-0.3, -0.25) is 4.98 Å². The predicted octanol–water partition coefficient (Wildman–Crippen LogP) is 1.54. The van der Waals surface area contributed by atoms with Gasteiger partial charge < -0.3 is 4.74 Å². The molecule has 0 amide bonds. The number of halogens is 1. The van der Waals surface area contributed by atoms with Crippen molar-refractivity contribution in [2.45, 2.75) is 0 Å². The van der Waals surface area contributed by atoms with Crippen molar-refractivity contribution in [1.29, 1.82) is 0 Å². The smallest absolute Gasteiger partial charge is 0.141 e. The Kier molecular flexibility index (Phi) is 1.90. The summed E-state index contributed by atoms with van der Waals surface area (Å²) in [6, 6.07) is 1.59. The van der Waals surface area contributed by atoms with Gasteiger partial charge in [0.2, 0.25) is 0 Å². The van der Waals surface area contributed by atoms with Crippen molar-refractivity contribution in [3.05, 3.63) is 23.5 Å². The van der Waals surface area contributed by atoms with Gasteiger partial charge in [0, 0.05) is 6.07 Å². The number of rotatable bonds is 1. The molecule has 0 aliphatic rings. The Morgan fingerprint density at radius 2 is 2.56 bits per heavy atom. The van der Waals surface area contributed by atoms with E-state index < -0.39 is 0 Å². The van der Waals surface area contributed by atoms with Crippen molar-refractivity contribution in [1.82, 2.24) is 4.98 Å². The lowest BCUT2D eigenvalue weighted by atomic mass is 10.4. The summed E-state index contributed by atoms with van der Waals surface area (Å²) in [5.74, 6) is 0.603. The Labute approximate surface area is 58.4 Å². The van der Waals surface area contributed by atoms with Gasteiger partial charge in [0.05, 0.1) is 19.5 Å². The van der Waals surface area contributed by atoms with E-state index in [1.54, 1.807) is 13.2 Å². The zero-order valence-electron chi connectivity index (χ0n) is 4.89. The molecule has 1 radical (unpaired) electrons. The zero-order chi connectivity index (χ0) is 6.69. The fraction of sp³-hybridized carbons (Fsp3) is 0.167. The van der Waals surface area contributed by atoms with Crippen LogP contribution in [0.4, 0.5) is 0 Å². The lowest BCUT2D eigenvalue weighted by Crippen LogP contribution is -1.83. The number of nitrogens with zero attached hydrogens (tertiary/aromatic N) is 1. The number of pyridine rings is 1. The van der Waals surface area contributed by atoms with Crippen LogP contribution in [-0.2, 0) is 0 Å². The van der Waals surface area contributed by atoms with Crippen LogP contribution in [0.3, 0.4) is 0 Å².